The van der Waals surface area contributed by atoms with Gasteiger partial charge in [-0.2, -0.15) is 0 Å². The summed E-state index contributed by atoms with van der Waals surface area (Å²) in [5, 5.41) is 0. The third-order valence-electron chi connectivity index (χ3n) is 2.83. The van der Waals surface area contributed by atoms with E-state index >= 15 is 0 Å². The normalized spacial score (nSPS) is 14.8. The molecule has 1 aliphatic carbocycles. The van der Waals surface area contributed by atoms with Crippen LogP contribution in [0.1, 0.15) is 18.5 Å². The highest BCUT2D eigenvalue weighted by Crippen LogP contribution is 2.29. The van der Waals surface area contributed by atoms with Crippen molar-refractivity contribution in [3.05, 3.63) is 24.0 Å². The molecule has 0 bridgehead atoms. The number of nitrogens with zero attached hydrogens (tertiary/aromatic N) is 2. The first-order chi connectivity index (χ1) is 7.65. The molecule has 0 spiro atoms. The van der Waals surface area contributed by atoms with Gasteiger partial charge in [-0.05, 0) is 30.9 Å². The van der Waals surface area contributed by atoms with Gasteiger partial charge in [0.05, 0.1) is 18.3 Å². The van der Waals surface area contributed by atoms with Crippen LogP contribution in [0.3, 0.4) is 0 Å². The van der Waals surface area contributed by atoms with Gasteiger partial charge in [0.25, 0.3) is 0 Å². The highest BCUT2D eigenvalue weighted by atomic mass is 16.2. The number of amides is 1. The highest BCUT2D eigenvalue weighted by molar-refractivity contribution is 5.78. The van der Waals surface area contributed by atoms with Gasteiger partial charge in [0.2, 0.25) is 5.91 Å². The quantitative estimate of drug-likeness (QED) is 0.824. The van der Waals surface area contributed by atoms with Crippen LogP contribution in [0.4, 0.5) is 5.69 Å². The second kappa shape index (κ2) is 4.51. The smallest absolute Gasteiger partial charge is 0.228 e. The predicted molar refractivity (Wildman–Crippen MR) is 62.7 cm³/mol. The molecule has 1 amide bonds. The van der Waals surface area contributed by atoms with E-state index < -0.39 is 0 Å². The summed E-state index contributed by atoms with van der Waals surface area (Å²) in [6, 6.07) is 3.58. The summed E-state index contributed by atoms with van der Waals surface area (Å²) in [5.41, 5.74) is 6.94. The fourth-order valence-corrected chi connectivity index (χ4v) is 1.62. The minimum absolute atomic E-state index is 0.129. The molecule has 1 aromatic heterocycles. The number of carbonyl (C=O) groups is 1. The number of aromatic nitrogens is 1. The molecule has 1 aromatic rings. The summed E-state index contributed by atoms with van der Waals surface area (Å²) in [6.45, 7) is 0.883. The zero-order valence-corrected chi connectivity index (χ0v) is 9.52. The van der Waals surface area contributed by atoms with Crippen LogP contribution in [-0.2, 0) is 11.2 Å². The molecule has 1 heterocycles. The highest BCUT2D eigenvalue weighted by Gasteiger charge is 2.24. The Kier molecular flexibility index (Phi) is 3.08. The number of hydrogen-bond acceptors (Lipinski definition) is 3. The van der Waals surface area contributed by atoms with E-state index in [0.29, 0.717) is 12.1 Å². The fourth-order valence-electron chi connectivity index (χ4n) is 1.62. The first kappa shape index (κ1) is 10.9. The van der Waals surface area contributed by atoms with Crippen LogP contribution in [0.5, 0.6) is 0 Å². The SMILES string of the molecule is CN(CC1CC1)C(=O)Cc1ccc(N)cn1. The molecule has 16 heavy (non-hydrogen) atoms. The van der Waals surface area contributed by atoms with Crippen LogP contribution in [0, 0.1) is 5.92 Å². The number of anilines is 1. The zero-order valence-electron chi connectivity index (χ0n) is 9.52. The monoisotopic (exact) mass is 219 g/mol. The maximum Gasteiger partial charge on any atom is 0.228 e. The molecule has 4 nitrogen and oxygen atoms in total. The van der Waals surface area contributed by atoms with Crippen molar-refractivity contribution >= 4 is 11.6 Å². The Bertz CT molecular complexity index is 370. The van der Waals surface area contributed by atoms with Crippen molar-refractivity contribution in [1.82, 2.24) is 9.88 Å². The van der Waals surface area contributed by atoms with Crippen LogP contribution in [0.25, 0.3) is 0 Å². The van der Waals surface area contributed by atoms with Crippen LogP contribution in [0.15, 0.2) is 18.3 Å². The van der Waals surface area contributed by atoms with E-state index in [0.717, 1.165) is 18.2 Å². The molecular formula is C12H17N3O. The Balaban J connectivity index is 1.87. The Labute approximate surface area is 95.5 Å². The third-order valence-corrected chi connectivity index (χ3v) is 2.83. The second-order valence-corrected chi connectivity index (χ2v) is 4.48. The average Bonchev–Trinajstić information content (AvgIpc) is 3.05. The van der Waals surface area contributed by atoms with E-state index in [9.17, 15) is 4.79 Å². The molecule has 1 aliphatic rings. The van der Waals surface area contributed by atoms with Gasteiger partial charge in [0.15, 0.2) is 0 Å². The lowest BCUT2D eigenvalue weighted by Crippen LogP contribution is -2.30. The second-order valence-electron chi connectivity index (χ2n) is 4.48. The Hall–Kier alpha value is -1.58. The minimum atomic E-state index is 0.129. The standard InChI is InChI=1S/C12H17N3O/c1-15(8-9-2-3-9)12(16)6-11-5-4-10(13)7-14-11/h4-5,7,9H,2-3,6,8,13H2,1H3. The topological polar surface area (TPSA) is 59.2 Å². The fraction of sp³-hybridized carbons (Fsp3) is 0.500. The number of pyridine rings is 1. The van der Waals surface area contributed by atoms with E-state index in [2.05, 4.69) is 4.98 Å². The van der Waals surface area contributed by atoms with Gasteiger partial charge >= 0.3 is 0 Å². The predicted octanol–water partition coefficient (Wildman–Crippen LogP) is 1.07. The molecule has 86 valence electrons. The average molecular weight is 219 g/mol. The first-order valence-corrected chi connectivity index (χ1v) is 5.59. The molecule has 0 radical (unpaired) electrons. The molecule has 0 aromatic carbocycles. The van der Waals surface area contributed by atoms with Gasteiger partial charge in [-0.1, -0.05) is 0 Å². The molecule has 0 saturated heterocycles. The Morgan fingerprint density at radius 3 is 2.88 bits per heavy atom. The van der Waals surface area contributed by atoms with Gasteiger partial charge in [0.1, 0.15) is 0 Å². The van der Waals surface area contributed by atoms with E-state index in [4.69, 9.17) is 5.73 Å². The lowest BCUT2D eigenvalue weighted by atomic mass is 10.2. The lowest BCUT2D eigenvalue weighted by Gasteiger charge is -2.16. The van der Waals surface area contributed by atoms with Crippen molar-refractivity contribution in [3.63, 3.8) is 0 Å². The van der Waals surface area contributed by atoms with Crippen molar-refractivity contribution in [2.45, 2.75) is 19.3 Å². The van der Waals surface area contributed by atoms with Gasteiger partial charge in [-0.15, -0.1) is 0 Å². The zero-order chi connectivity index (χ0) is 11.5. The van der Waals surface area contributed by atoms with Crippen LogP contribution in [0.2, 0.25) is 0 Å². The number of nitrogens with two attached hydrogens (primary N) is 1. The first-order valence-electron chi connectivity index (χ1n) is 5.59. The maximum absolute atomic E-state index is 11.8. The van der Waals surface area contributed by atoms with Crippen molar-refractivity contribution in [2.24, 2.45) is 5.92 Å². The molecule has 2 N–H and O–H groups in total. The van der Waals surface area contributed by atoms with Gasteiger partial charge in [0, 0.05) is 19.3 Å². The molecule has 1 saturated carbocycles. The van der Waals surface area contributed by atoms with E-state index in [-0.39, 0.29) is 5.91 Å². The third kappa shape index (κ3) is 2.95. The molecule has 4 heteroatoms. The minimum Gasteiger partial charge on any atom is -0.397 e. The van der Waals surface area contributed by atoms with Crippen molar-refractivity contribution < 1.29 is 4.79 Å². The van der Waals surface area contributed by atoms with E-state index in [1.807, 2.05) is 7.05 Å². The molecule has 0 unspecified atom stereocenters. The maximum atomic E-state index is 11.8. The summed E-state index contributed by atoms with van der Waals surface area (Å²) >= 11 is 0. The summed E-state index contributed by atoms with van der Waals surface area (Å²) in [6.07, 6.45) is 4.47. The van der Waals surface area contributed by atoms with E-state index in [1.54, 1.807) is 23.2 Å². The number of hydrogen-bond donors (Lipinski definition) is 1. The number of likely N-dealkylation sites (N-methyl/N-ethyl adjacent to an activating group) is 1. The summed E-state index contributed by atoms with van der Waals surface area (Å²) in [5.74, 6) is 0.859. The lowest BCUT2D eigenvalue weighted by molar-refractivity contribution is -0.129. The molecule has 0 aliphatic heterocycles. The Morgan fingerprint density at radius 2 is 2.31 bits per heavy atom. The van der Waals surface area contributed by atoms with Gasteiger partial charge in [-0.3, -0.25) is 9.78 Å². The molecular weight excluding hydrogens is 202 g/mol. The van der Waals surface area contributed by atoms with Gasteiger partial charge < -0.3 is 10.6 Å². The van der Waals surface area contributed by atoms with Crippen LogP contribution in [-0.4, -0.2) is 29.4 Å². The van der Waals surface area contributed by atoms with Crippen LogP contribution >= 0.6 is 0 Å². The molecule has 0 atom stereocenters. The van der Waals surface area contributed by atoms with Crippen LogP contribution < -0.4 is 5.73 Å². The van der Waals surface area contributed by atoms with Gasteiger partial charge in [-0.25, -0.2) is 0 Å². The van der Waals surface area contributed by atoms with Crippen molar-refractivity contribution in [1.29, 1.82) is 0 Å². The number of carbonyl (C=O) groups excluding carboxylic acids is 1. The number of nitrogen functional groups attached to an aromatic ring is 1. The van der Waals surface area contributed by atoms with E-state index in [1.165, 1.54) is 12.8 Å². The summed E-state index contributed by atoms with van der Waals surface area (Å²) in [7, 11) is 1.86. The van der Waals surface area contributed by atoms with Crippen molar-refractivity contribution in [3.8, 4) is 0 Å². The largest absolute Gasteiger partial charge is 0.397 e. The number of rotatable bonds is 4. The summed E-state index contributed by atoms with van der Waals surface area (Å²) < 4.78 is 0. The molecule has 2 rings (SSSR count). The summed E-state index contributed by atoms with van der Waals surface area (Å²) in [4.78, 5) is 17.7. The Morgan fingerprint density at radius 1 is 1.56 bits per heavy atom. The van der Waals surface area contributed by atoms with Crippen molar-refractivity contribution in [2.75, 3.05) is 19.3 Å². The molecule has 1 fully saturated rings.